The normalized spacial score (nSPS) is 18.2. The molecule has 0 radical (unpaired) electrons. The zero-order valence-corrected chi connectivity index (χ0v) is 20.2. The molecule has 192 valence electrons. The van der Waals surface area contributed by atoms with E-state index >= 15 is 0 Å². The standard InChI is InChI=1S/C25H27F3N4O4/c1-23(2,3)36-22(35)30-13-10-24(11-14-30)20(33)32(19-15-18(9-12-29-19)25(26,27)28)21(34)31(24)16-17-7-5-4-6-8-17/h4-9,12,15H,10-11,13-14,16H2,1-3H3. The van der Waals surface area contributed by atoms with E-state index in [1.165, 1.54) is 9.80 Å². The molecular formula is C25H27F3N4O4. The minimum atomic E-state index is -4.66. The summed E-state index contributed by atoms with van der Waals surface area (Å²) in [7, 11) is 0. The second kappa shape index (κ2) is 9.11. The molecule has 11 heteroatoms. The predicted molar refractivity (Wildman–Crippen MR) is 124 cm³/mol. The summed E-state index contributed by atoms with van der Waals surface area (Å²) in [5, 5.41) is 0. The summed E-state index contributed by atoms with van der Waals surface area (Å²) >= 11 is 0. The fourth-order valence-corrected chi connectivity index (χ4v) is 4.49. The Hall–Kier alpha value is -3.63. The van der Waals surface area contributed by atoms with Crippen LogP contribution >= 0.6 is 0 Å². The second-order valence-electron chi connectivity index (χ2n) is 9.89. The van der Waals surface area contributed by atoms with Gasteiger partial charge in [0, 0.05) is 25.8 Å². The van der Waals surface area contributed by atoms with Crippen LogP contribution in [-0.4, -0.2) is 57.0 Å². The summed E-state index contributed by atoms with van der Waals surface area (Å²) in [5.41, 5.74) is -2.28. The molecule has 2 aliphatic heterocycles. The molecule has 36 heavy (non-hydrogen) atoms. The quantitative estimate of drug-likeness (QED) is 0.559. The monoisotopic (exact) mass is 504 g/mol. The van der Waals surface area contributed by atoms with Gasteiger partial charge in [-0.1, -0.05) is 30.3 Å². The third-order valence-electron chi connectivity index (χ3n) is 6.27. The number of benzene rings is 1. The van der Waals surface area contributed by atoms with Crippen LogP contribution in [0.5, 0.6) is 0 Å². The highest BCUT2D eigenvalue weighted by molar-refractivity contribution is 6.22. The molecule has 0 atom stereocenters. The average Bonchev–Trinajstić information content (AvgIpc) is 3.00. The zero-order valence-electron chi connectivity index (χ0n) is 20.2. The molecule has 0 unspecified atom stereocenters. The summed E-state index contributed by atoms with van der Waals surface area (Å²) < 4.78 is 45.4. The first kappa shape index (κ1) is 25.5. The maximum atomic E-state index is 13.8. The molecule has 4 rings (SSSR count). The summed E-state index contributed by atoms with van der Waals surface area (Å²) in [4.78, 5) is 47.4. The number of carbonyl (C=O) groups is 3. The van der Waals surface area contributed by atoms with E-state index in [1.807, 2.05) is 6.07 Å². The number of pyridine rings is 1. The Morgan fingerprint density at radius 1 is 1.06 bits per heavy atom. The topological polar surface area (TPSA) is 83.0 Å². The molecule has 1 aromatic heterocycles. The van der Waals surface area contributed by atoms with Crippen molar-refractivity contribution in [2.45, 2.75) is 57.5 Å². The van der Waals surface area contributed by atoms with Gasteiger partial charge in [-0.05, 0) is 51.3 Å². The molecule has 0 bridgehead atoms. The number of halogens is 3. The van der Waals surface area contributed by atoms with Crippen LogP contribution in [0.3, 0.4) is 0 Å². The van der Waals surface area contributed by atoms with E-state index in [4.69, 9.17) is 4.74 Å². The number of piperidine rings is 1. The van der Waals surface area contributed by atoms with Crippen LogP contribution in [0, 0.1) is 0 Å². The summed E-state index contributed by atoms with van der Waals surface area (Å²) in [6.45, 7) is 5.60. The van der Waals surface area contributed by atoms with Crippen LogP contribution in [0.15, 0.2) is 48.7 Å². The number of imide groups is 1. The lowest BCUT2D eigenvalue weighted by atomic mass is 9.85. The molecule has 2 saturated heterocycles. The Balaban J connectivity index is 1.67. The highest BCUT2D eigenvalue weighted by atomic mass is 19.4. The average molecular weight is 505 g/mol. The molecule has 0 aliphatic carbocycles. The molecule has 8 nitrogen and oxygen atoms in total. The number of likely N-dealkylation sites (tertiary alicyclic amines) is 1. The molecule has 0 saturated carbocycles. The largest absolute Gasteiger partial charge is 0.444 e. The SMILES string of the molecule is CC(C)(C)OC(=O)N1CCC2(CC1)C(=O)N(c1cc(C(F)(F)F)ccn1)C(=O)N2Cc1ccccc1. The first-order valence-corrected chi connectivity index (χ1v) is 11.5. The van der Waals surface area contributed by atoms with Crippen molar-refractivity contribution in [3.63, 3.8) is 0 Å². The number of nitrogens with zero attached hydrogens (tertiary/aromatic N) is 4. The number of carbonyl (C=O) groups excluding carboxylic acids is 3. The van der Waals surface area contributed by atoms with Crippen molar-refractivity contribution >= 4 is 23.8 Å². The zero-order chi connectivity index (χ0) is 26.3. The van der Waals surface area contributed by atoms with Crippen molar-refractivity contribution in [1.29, 1.82) is 0 Å². The Bertz CT molecular complexity index is 1160. The summed E-state index contributed by atoms with van der Waals surface area (Å²) in [5.74, 6) is -1.04. The minimum Gasteiger partial charge on any atom is -0.444 e. The highest BCUT2D eigenvalue weighted by Gasteiger charge is 2.59. The van der Waals surface area contributed by atoms with Gasteiger partial charge in [0.1, 0.15) is 17.0 Å². The Morgan fingerprint density at radius 3 is 2.28 bits per heavy atom. The molecule has 2 aromatic rings. The van der Waals surface area contributed by atoms with E-state index in [0.29, 0.717) is 6.07 Å². The Labute approximate surface area is 206 Å². The molecule has 2 aliphatic rings. The first-order chi connectivity index (χ1) is 16.8. The van der Waals surface area contributed by atoms with Gasteiger partial charge in [-0.25, -0.2) is 19.5 Å². The Kier molecular flexibility index (Phi) is 6.44. The Morgan fingerprint density at radius 2 is 1.69 bits per heavy atom. The molecule has 3 heterocycles. The molecule has 2 fully saturated rings. The number of amides is 4. The molecule has 0 N–H and O–H groups in total. The van der Waals surface area contributed by atoms with Crippen LogP contribution in [0.1, 0.15) is 44.7 Å². The number of hydrogen-bond acceptors (Lipinski definition) is 5. The van der Waals surface area contributed by atoms with E-state index in [1.54, 1.807) is 45.0 Å². The van der Waals surface area contributed by atoms with Gasteiger partial charge in [0.15, 0.2) is 0 Å². The van der Waals surface area contributed by atoms with E-state index in [9.17, 15) is 27.6 Å². The molecule has 4 amide bonds. The van der Waals surface area contributed by atoms with Gasteiger partial charge < -0.3 is 14.5 Å². The van der Waals surface area contributed by atoms with Crippen molar-refractivity contribution in [3.05, 3.63) is 59.8 Å². The van der Waals surface area contributed by atoms with Gasteiger partial charge in [-0.3, -0.25) is 4.79 Å². The fraction of sp³-hybridized carbons (Fsp3) is 0.440. The van der Waals surface area contributed by atoms with Crippen LogP contribution in [0.25, 0.3) is 0 Å². The summed E-state index contributed by atoms with van der Waals surface area (Å²) in [6.07, 6.45) is -4.04. The van der Waals surface area contributed by atoms with Crippen molar-refractivity contribution in [2.75, 3.05) is 18.0 Å². The van der Waals surface area contributed by atoms with E-state index in [-0.39, 0.29) is 38.3 Å². The summed E-state index contributed by atoms with van der Waals surface area (Å²) in [6, 6.07) is 9.73. The van der Waals surface area contributed by atoms with Gasteiger partial charge in [0.25, 0.3) is 5.91 Å². The smallest absolute Gasteiger partial charge is 0.416 e. The maximum absolute atomic E-state index is 13.8. The van der Waals surface area contributed by atoms with Gasteiger partial charge in [-0.2, -0.15) is 13.2 Å². The number of anilines is 1. The maximum Gasteiger partial charge on any atom is 0.416 e. The predicted octanol–water partition coefficient (Wildman–Crippen LogP) is 4.84. The third kappa shape index (κ3) is 4.87. The van der Waals surface area contributed by atoms with E-state index in [0.717, 1.165) is 22.7 Å². The van der Waals surface area contributed by atoms with Gasteiger partial charge in [0.05, 0.1) is 5.56 Å². The number of urea groups is 1. The van der Waals surface area contributed by atoms with Crippen LogP contribution < -0.4 is 4.90 Å². The van der Waals surface area contributed by atoms with E-state index < -0.39 is 40.9 Å². The van der Waals surface area contributed by atoms with Crippen molar-refractivity contribution in [3.8, 4) is 0 Å². The van der Waals surface area contributed by atoms with E-state index in [2.05, 4.69) is 4.98 Å². The number of alkyl halides is 3. The highest BCUT2D eigenvalue weighted by Crippen LogP contribution is 2.41. The number of aromatic nitrogens is 1. The van der Waals surface area contributed by atoms with Crippen LogP contribution in [0.2, 0.25) is 0 Å². The number of hydrogen-bond donors (Lipinski definition) is 0. The van der Waals surface area contributed by atoms with Crippen molar-refractivity contribution in [1.82, 2.24) is 14.8 Å². The van der Waals surface area contributed by atoms with Gasteiger partial charge in [0.2, 0.25) is 0 Å². The lowest BCUT2D eigenvalue weighted by Gasteiger charge is -2.42. The fourth-order valence-electron chi connectivity index (χ4n) is 4.49. The minimum absolute atomic E-state index is 0.0767. The van der Waals surface area contributed by atoms with Crippen LogP contribution in [0.4, 0.5) is 28.6 Å². The molecular weight excluding hydrogens is 477 g/mol. The lowest BCUT2D eigenvalue weighted by molar-refractivity contribution is -0.137. The van der Waals surface area contributed by atoms with Gasteiger partial charge in [-0.15, -0.1) is 0 Å². The second-order valence-corrected chi connectivity index (χ2v) is 9.89. The number of ether oxygens (including phenoxy) is 1. The van der Waals surface area contributed by atoms with Gasteiger partial charge >= 0.3 is 18.3 Å². The van der Waals surface area contributed by atoms with Crippen LogP contribution in [-0.2, 0) is 22.3 Å². The molecule has 1 aromatic carbocycles. The number of rotatable bonds is 3. The third-order valence-corrected chi connectivity index (χ3v) is 6.27. The van der Waals surface area contributed by atoms with Crippen molar-refractivity contribution in [2.24, 2.45) is 0 Å². The lowest BCUT2D eigenvalue weighted by Crippen LogP contribution is -2.57. The first-order valence-electron chi connectivity index (χ1n) is 11.5. The molecule has 1 spiro atoms. The van der Waals surface area contributed by atoms with Crippen molar-refractivity contribution < 1.29 is 32.3 Å².